The van der Waals surface area contributed by atoms with E-state index in [0.717, 1.165) is 21.8 Å². The number of carbonyl (C=O) groups excluding carboxylic acids is 2. The van der Waals surface area contributed by atoms with Crippen molar-refractivity contribution < 1.29 is 9.59 Å². The zero-order chi connectivity index (χ0) is 20.3. The van der Waals surface area contributed by atoms with Crippen LogP contribution in [0.3, 0.4) is 0 Å². The highest BCUT2D eigenvalue weighted by Crippen LogP contribution is 2.24. The van der Waals surface area contributed by atoms with Crippen molar-refractivity contribution in [2.45, 2.75) is 26.8 Å². The minimum atomic E-state index is -0.738. The zero-order valence-corrected chi connectivity index (χ0v) is 17.4. The van der Waals surface area contributed by atoms with E-state index in [2.05, 4.69) is 15.7 Å². The molecule has 2 N–H and O–H groups in total. The Bertz CT molecular complexity index is 998. The lowest BCUT2D eigenvalue weighted by atomic mass is 10.2. The molecule has 0 aliphatic carbocycles. The molecule has 1 atom stereocenters. The van der Waals surface area contributed by atoms with Gasteiger partial charge >= 0.3 is 11.8 Å². The van der Waals surface area contributed by atoms with Gasteiger partial charge in [0.25, 0.3) is 0 Å². The third-order valence-corrected chi connectivity index (χ3v) is 5.68. The fourth-order valence-electron chi connectivity index (χ4n) is 2.88. The first-order valence-corrected chi connectivity index (χ1v) is 10.0. The maximum absolute atomic E-state index is 12.3. The first-order chi connectivity index (χ1) is 13.3. The van der Waals surface area contributed by atoms with Gasteiger partial charge in [-0.3, -0.25) is 14.3 Å². The summed E-state index contributed by atoms with van der Waals surface area (Å²) in [6.07, 6.45) is 0. The predicted molar refractivity (Wildman–Crippen MR) is 112 cm³/mol. The smallest absolute Gasteiger partial charge is 0.313 e. The van der Waals surface area contributed by atoms with Crippen molar-refractivity contribution in [1.29, 1.82) is 0 Å². The maximum atomic E-state index is 12.3. The normalized spacial score (nSPS) is 11.9. The Kier molecular flexibility index (Phi) is 6.16. The van der Waals surface area contributed by atoms with E-state index in [0.29, 0.717) is 10.7 Å². The number of aryl methyl sites for hydroxylation is 3. The Labute approximate surface area is 172 Å². The lowest BCUT2D eigenvalue weighted by Crippen LogP contribution is -2.39. The van der Waals surface area contributed by atoms with Gasteiger partial charge in [-0.25, -0.2) is 0 Å². The third-order valence-electron chi connectivity index (χ3n) is 4.30. The molecule has 3 rings (SSSR count). The van der Waals surface area contributed by atoms with Crippen LogP contribution in [0.5, 0.6) is 0 Å². The van der Waals surface area contributed by atoms with Crippen molar-refractivity contribution in [3.8, 4) is 0 Å². The average Bonchev–Trinajstić information content (AvgIpc) is 3.28. The molecule has 146 valence electrons. The molecule has 0 spiro atoms. The fraction of sp³-hybridized carbons (Fsp3) is 0.250. The van der Waals surface area contributed by atoms with Gasteiger partial charge in [0.2, 0.25) is 0 Å². The van der Waals surface area contributed by atoms with Crippen LogP contribution in [0.15, 0.2) is 41.8 Å². The summed E-state index contributed by atoms with van der Waals surface area (Å²) in [5, 5.41) is 12.3. The molecule has 0 fully saturated rings. The second-order valence-corrected chi connectivity index (χ2v) is 7.92. The van der Waals surface area contributed by atoms with Gasteiger partial charge in [-0.2, -0.15) is 5.10 Å². The van der Waals surface area contributed by atoms with Gasteiger partial charge in [0, 0.05) is 27.8 Å². The number of thiophene rings is 1. The molecule has 1 aromatic carbocycles. The number of nitrogens with one attached hydrogen (secondary N) is 2. The van der Waals surface area contributed by atoms with Crippen LogP contribution in [-0.4, -0.2) is 28.1 Å². The van der Waals surface area contributed by atoms with E-state index in [4.69, 9.17) is 11.6 Å². The van der Waals surface area contributed by atoms with E-state index < -0.39 is 11.8 Å². The topological polar surface area (TPSA) is 76.0 Å². The Morgan fingerprint density at radius 2 is 1.96 bits per heavy atom. The van der Waals surface area contributed by atoms with Crippen molar-refractivity contribution in [2.24, 2.45) is 0 Å². The molecule has 0 unspecified atom stereocenters. The molecule has 0 saturated heterocycles. The standard InChI is InChI=1S/C20H21ClN4O2S/c1-12-6-7-15(10-16(12)21)23-20(27)19(26)22-11-17(18-5-4-8-28-18)25-14(3)9-13(2)24-25/h4-10,17H,11H2,1-3H3,(H,22,26)(H,23,27)/t17-/m1/s1. The summed E-state index contributed by atoms with van der Waals surface area (Å²) in [7, 11) is 0. The summed E-state index contributed by atoms with van der Waals surface area (Å²) in [4.78, 5) is 25.6. The Morgan fingerprint density at radius 3 is 2.57 bits per heavy atom. The van der Waals surface area contributed by atoms with Gasteiger partial charge in [-0.15, -0.1) is 11.3 Å². The van der Waals surface area contributed by atoms with Gasteiger partial charge in [0.15, 0.2) is 0 Å². The van der Waals surface area contributed by atoms with E-state index in [-0.39, 0.29) is 12.6 Å². The second kappa shape index (κ2) is 8.58. The molecule has 0 aliphatic rings. The van der Waals surface area contributed by atoms with Crippen LogP contribution >= 0.6 is 22.9 Å². The first-order valence-electron chi connectivity index (χ1n) is 8.76. The van der Waals surface area contributed by atoms with E-state index in [1.165, 1.54) is 0 Å². The van der Waals surface area contributed by atoms with Crippen molar-refractivity contribution >= 4 is 40.4 Å². The van der Waals surface area contributed by atoms with Crippen LogP contribution in [0.1, 0.15) is 27.9 Å². The molecule has 6 nitrogen and oxygen atoms in total. The fourth-order valence-corrected chi connectivity index (χ4v) is 3.87. The van der Waals surface area contributed by atoms with Gasteiger partial charge in [0.1, 0.15) is 6.04 Å². The molecule has 2 amide bonds. The minimum absolute atomic E-state index is 0.181. The van der Waals surface area contributed by atoms with E-state index in [9.17, 15) is 9.59 Å². The number of nitrogens with zero attached hydrogens (tertiary/aromatic N) is 2. The van der Waals surface area contributed by atoms with E-state index in [1.807, 2.05) is 49.0 Å². The lowest BCUT2D eigenvalue weighted by molar-refractivity contribution is -0.136. The molecular formula is C20H21ClN4O2S. The summed E-state index contributed by atoms with van der Waals surface area (Å²) >= 11 is 7.64. The van der Waals surface area contributed by atoms with Crippen LogP contribution in [-0.2, 0) is 9.59 Å². The quantitative estimate of drug-likeness (QED) is 0.620. The zero-order valence-electron chi connectivity index (χ0n) is 15.8. The summed E-state index contributed by atoms with van der Waals surface area (Å²) < 4.78 is 1.87. The Hall–Kier alpha value is -2.64. The van der Waals surface area contributed by atoms with Gasteiger partial charge in [-0.1, -0.05) is 23.7 Å². The number of carbonyl (C=O) groups is 2. The Morgan fingerprint density at radius 1 is 1.18 bits per heavy atom. The largest absolute Gasteiger partial charge is 0.345 e. The van der Waals surface area contributed by atoms with E-state index in [1.54, 1.807) is 29.5 Å². The third kappa shape index (κ3) is 4.61. The number of benzene rings is 1. The van der Waals surface area contributed by atoms with Gasteiger partial charge in [0.05, 0.1) is 5.69 Å². The first kappa shape index (κ1) is 20.1. The summed E-state index contributed by atoms with van der Waals surface area (Å²) in [5.41, 5.74) is 3.26. The van der Waals surface area contributed by atoms with Crippen molar-refractivity contribution in [1.82, 2.24) is 15.1 Å². The predicted octanol–water partition coefficient (Wildman–Crippen LogP) is 3.87. The molecule has 8 heteroatoms. The highest BCUT2D eigenvalue weighted by molar-refractivity contribution is 7.10. The van der Waals surface area contributed by atoms with Crippen LogP contribution in [0.25, 0.3) is 0 Å². The maximum Gasteiger partial charge on any atom is 0.313 e. The number of hydrogen-bond acceptors (Lipinski definition) is 4. The SMILES string of the molecule is Cc1cc(C)n([C@H](CNC(=O)C(=O)Nc2ccc(C)c(Cl)c2)c2cccs2)n1. The molecule has 3 aromatic rings. The van der Waals surface area contributed by atoms with Gasteiger partial charge in [-0.05, 0) is 56.0 Å². The highest BCUT2D eigenvalue weighted by Gasteiger charge is 2.21. The number of hydrogen-bond donors (Lipinski definition) is 2. The number of aromatic nitrogens is 2. The number of amides is 2. The monoisotopic (exact) mass is 416 g/mol. The van der Waals surface area contributed by atoms with Crippen molar-refractivity contribution in [3.05, 3.63) is 68.6 Å². The average molecular weight is 417 g/mol. The molecule has 0 radical (unpaired) electrons. The molecule has 2 aromatic heterocycles. The van der Waals surface area contributed by atoms with Crippen LogP contribution < -0.4 is 10.6 Å². The van der Waals surface area contributed by atoms with Crippen molar-refractivity contribution in [2.75, 3.05) is 11.9 Å². The number of halogens is 1. The minimum Gasteiger partial charge on any atom is -0.345 e. The molecule has 0 aliphatic heterocycles. The van der Waals surface area contributed by atoms with Crippen molar-refractivity contribution in [3.63, 3.8) is 0 Å². The van der Waals surface area contributed by atoms with Crippen LogP contribution in [0, 0.1) is 20.8 Å². The van der Waals surface area contributed by atoms with Crippen LogP contribution in [0.2, 0.25) is 5.02 Å². The molecule has 0 saturated carbocycles. The summed E-state index contributed by atoms with van der Waals surface area (Å²) in [5.74, 6) is -1.45. The molecule has 28 heavy (non-hydrogen) atoms. The molecule has 0 bridgehead atoms. The molecular weight excluding hydrogens is 396 g/mol. The summed E-state index contributed by atoms with van der Waals surface area (Å²) in [6, 6.07) is 10.9. The number of rotatable bonds is 5. The lowest BCUT2D eigenvalue weighted by Gasteiger charge is -2.18. The Balaban J connectivity index is 1.68. The van der Waals surface area contributed by atoms with Crippen LogP contribution in [0.4, 0.5) is 5.69 Å². The summed E-state index contributed by atoms with van der Waals surface area (Å²) in [6.45, 7) is 6.01. The highest BCUT2D eigenvalue weighted by atomic mass is 35.5. The number of anilines is 1. The second-order valence-electron chi connectivity index (χ2n) is 6.53. The van der Waals surface area contributed by atoms with E-state index >= 15 is 0 Å². The molecule has 2 heterocycles. The van der Waals surface area contributed by atoms with Gasteiger partial charge < -0.3 is 10.6 Å².